The van der Waals surface area contributed by atoms with Crippen molar-refractivity contribution >= 4 is 12.1 Å². The second kappa shape index (κ2) is 5.89. The van der Waals surface area contributed by atoms with Crippen molar-refractivity contribution in [3.63, 3.8) is 0 Å². The fourth-order valence-corrected chi connectivity index (χ4v) is 1.69. The molecule has 0 saturated heterocycles. The third-order valence-electron chi connectivity index (χ3n) is 2.47. The summed E-state index contributed by atoms with van der Waals surface area (Å²) in [4.78, 5) is 25.1. The molecule has 0 atom stereocenters. The Labute approximate surface area is 108 Å². The van der Waals surface area contributed by atoms with Gasteiger partial charge in [-0.3, -0.25) is 4.90 Å². The van der Waals surface area contributed by atoms with Gasteiger partial charge in [-0.2, -0.15) is 0 Å². The number of rotatable bonds is 1. The molecule has 102 valence electrons. The predicted molar refractivity (Wildman–Crippen MR) is 66.9 cm³/mol. The van der Waals surface area contributed by atoms with E-state index in [2.05, 4.69) is 0 Å². The molecule has 0 fully saturated rings. The molecule has 1 heterocycles. The van der Waals surface area contributed by atoms with Crippen molar-refractivity contribution < 1.29 is 19.1 Å². The maximum absolute atomic E-state index is 12.1. The van der Waals surface area contributed by atoms with Gasteiger partial charge in [-0.25, -0.2) is 9.59 Å². The minimum atomic E-state index is -0.579. The van der Waals surface area contributed by atoms with Crippen LogP contribution in [0.3, 0.4) is 0 Å². The highest BCUT2D eigenvalue weighted by Crippen LogP contribution is 2.19. The first-order valence-electron chi connectivity index (χ1n) is 6.14. The summed E-state index contributed by atoms with van der Waals surface area (Å²) in [5.41, 5.74) is -0.297. The van der Waals surface area contributed by atoms with Crippen molar-refractivity contribution in [1.82, 2.24) is 4.90 Å². The monoisotopic (exact) mass is 255 g/mol. The van der Waals surface area contributed by atoms with E-state index in [1.54, 1.807) is 26.8 Å². The fraction of sp³-hybridized carbons (Fsp3) is 0.692. The van der Waals surface area contributed by atoms with Crippen LogP contribution in [0.2, 0.25) is 0 Å². The summed E-state index contributed by atoms with van der Waals surface area (Å²) >= 11 is 0. The number of hydrogen-bond donors (Lipinski definition) is 0. The van der Waals surface area contributed by atoms with Crippen molar-refractivity contribution in [2.24, 2.45) is 0 Å². The lowest BCUT2D eigenvalue weighted by Gasteiger charge is -2.27. The Hall–Kier alpha value is -1.52. The minimum Gasteiger partial charge on any atom is -0.464 e. The molecule has 1 rings (SSSR count). The van der Waals surface area contributed by atoms with Gasteiger partial charge in [0.05, 0.1) is 7.11 Å². The van der Waals surface area contributed by atoms with Gasteiger partial charge < -0.3 is 9.47 Å². The van der Waals surface area contributed by atoms with Crippen LogP contribution in [0.4, 0.5) is 4.79 Å². The third-order valence-corrected chi connectivity index (χ3v) is 2.47. The summed E-state index contributed by atoms with van der Waals surface area (Å²) in [5, 5.41) is 0. The molecule has 1 aliphatic rings. The highest BCUT2D eigenvalue weighted by molar-refractivity contribution is 5.92. The molecule has 0 aromatic carbocycles. The van der Waals surface area contributed by atoms with Gasteiger partial charge in [-0.15, -0.1) is 0 Å². The van der Waals surface area contributed by atoms with E-state index in [0.29, 0.717) is 6.54 Å². The third kappa shape index (κ3) is 4.05. The van der Waals surface area contributed by atoms with E-state index < -0.39 is 17.7 Å². The summed E-state index contributed by atoms with van der Waals surface area (Å²) in [5.74, 6) is -0.497. The highest BCUT2D eigenvalue weighted by atomic mass is 16.6. The van der Waals surface area contributed by atoms with Crippen LogP contribution in [0.25, 0.3) is 0 Å². The van der Waals surface area contributed by atoms with Crippen molar-refractivity contribution in [1.29, 1.82) is 0 Å². The number of nitrogens with zero attached hydrogens (tertiary/aromatic N) is 1. The Morgan fingerprint density at radius 2 is 1.94 bits per heavy atom. The average Bonchev–Trinajstić information content (AvgIpc) is 2.50. The van der Waals surface area contributed by atoms with E-state index in [0.717, 1.165) is 19.3 Å². The van der Waals surface area contributed by atoms with Crippen LogP contribution in [0, 0.1) is 0 Å². The summed E-state index contributed by atoms with van der Waals surface area (Å²) in [6, 6.07) is 0. The number of carbonyl (C=O) groups excluding carboxylic acids is 2. The maximum atomic E-state index is 12.1. The summed E-state index contributed by atoms with van der Waals surface area (Å²) in [6.07, 6.45) is 3.80. The second-order valence-electron chi connectivity index (χ2n) is 5.21. The Morgan fingerprint density at radius 1 is 1.28 bits per heavy atom. The Morgan fingerprint density at radius 3 is 2.50 bits per heavy atom. The van der Waals surface area contributed by atoms with Gasteiger partial charge in [0, 0.05) is 6.54 Å². The van der Waals surface area contributed by atoms with E-state index >= 15 is 0 Å². The maximum Gasteiger partial charge on any atom is 0.415 e. The van der Waals surface area contributed by atoms with Crippen molar-refractivity contribution in [3.8, 4) is 0 Å². The van der Waals surface area contributed by atoms with Crippen molar-refractivity contribution in [2.45, 2.75) is 45.6 Å². The largest absolute Gasteiger partial charge is 0.464 e. The lowest BCUT2D eigenvalue weighted by molar-refractivity contribution is -0.138. The molecule has 0 spiro atoms. The molecule has 5 nitrogen and oxygen atoms in total. The van der Waals surface area contributed by atoms with E-state index in [1.165, 1.54) is 12.0 Å². The molecule has 5 heteroatoms. The summed E-state index contributed by atoms with van der Waals surface area (Å²) in [6.45, 7) is 5.87. The van der Waals surface area contributed by atoms with E-state index in [4.69, 9.17) is 9.47 Å². The molecule has 0 bridgehead atoms. The topological polar surface area (TPSA) is 55.8 Å². The number of carbonyl (C=O) groups is 2. The minimum absolute atomic E-state index is 0.282. The number of ether oxygens (including phenoxy) is 2. The smallest absolute Gasteiger partial charge is 0.415 e. The number of esters is 1. The molecular weight excluding hydrogens is 234 g/mol. The zero-order valence-corrected chi connectivity index (χ0v) is 11.5. The predicted octanol–water partition coefficient (Wildman–Crippen LogP) is 2.46. The first kappa shape index (κ1) is 14.5. The molecule has 0 aromatic heterocycles. The Kier molecular flexibility index (Phi) is 4.76. The fourth-order valence-electron chi connectivity index (χ4n) is 1.69. The second-order valence-corrected chi connectivity index (χ2v) is 5.21. The Bertz CT molecular complexity index is 354. The first-order chi connectivity index (χ1) is 8.35. The van der Waals surface area contributed by atoms with Gasteiger partial charge in [0.1, 0.15) is 11.3 Å². The molecule has 18 heavy (non-hydrogen) atoms. The number of methoxy groups -OCH3 is 1. The van der Waals surface area contributed by atoms with Crippen LogP contribution in [-0.4, -0.2) is 36.2 Å². The molecule has 0 aliphatic carbocycles. The normalized spacial score (nSPS) is 16.7. The first-order valence-corrected chi connectivity index (χ1v) is 6.14. The van der Waals surface area contributed by atoms with Crippen LogP contribution < -0.4 is 0 Å². The standard InChI is InChI=1S/C13H21NO4/c1-13(2,3)18-12(16)14-9-7-5-6-8-10(14)11(15)17-4/h8H,5-7,9H2,1-4H3. The van der Waals surface area contributed by atoms with E-state index in [1.807, 2.05) is 0 Å². The van der Waals surface area contributed by atoms with Gasteiger partial charge >= 0.3 is 12.1 Å². The zero-order chi connectivity index (χ0) is 13.8. The lowest BCUT2D eigenvalue weighted by atomic mass is 10.2. The van der Waals surface area contributed by atoms with Crippen LogP contribution in [-0.2, 0) is 14.3 Å². The molecule has 0 unspecified atom stereocenters. The number of hydrogen-bond acceptors (Lipinski definition) is 4. The van der Waals surface area contributed by atoms with Crippen LogP contribution in [0.15, 0.2) is 11.8 Å². The Balaban J connectivity index is 2.87. The van der Waals surface area contributed by atoms with Gasteiger partial charge in [-0.05, 0) is 40.0 Å². The van der Waals surface area contributed by atoms with Gasteiger partial charge in [0.2, 0.25) is 0 Å². The molecular formula is C13H21NO4. The zero-order valence-electron chi connectivity index (χ0n) is 11.5. The molecule has 0 radical (unpaired) electrons. The van der Waals surface area contributed by atoms with E-state index in [-0.39, 0.29) is 5.70 Å². The van der Waals surface area contributed by atoms with Crippen molar-refractivity contribution in [2.75, 3.05) is 13.7 Å². The summed E-state index contributed by atoms with van der Waals surface area (Å²) < 4.78 is 10.00. The molecule has 0 saturated carbocycles. The quantitative estimate of drug-likeness (QED) is 0.675. The molecule has 0 N–H and O–H groups in total. The van der Waals surface area contributed by atoms with Crippen LogP contribution >= 0.6 is 0 Å². The van der Waals surface area contributed by atoms with Crippen LogP contribution in [0.5, 0.6) is 0 Å². The number of allylic oxidation sites excluding steroid dienone is 1. The molecule has 1 aliphatic heterocycles. The highest BCUT2D eigenvalue weighted by Gasteiger charge is 2.29. The van der Waals surface area contributed by atoms with Gasteiger partial charge in [-0.1, -0.05) is 6.08 Å². The molecule has 0 aromatic rings. The van der Waals surface area contributed by atoms with Gasteiger partial charge in [0.15, 0.2) is 0 Å². The van der Waals surface area contributed by atoms with Gasteiger partial charge in [0.25, 0.3) is 0 Å². The SMILES string of the molecule is COC(=O)C1=CCCCCN1C(=O)OC(C)(C)C. The van der Waals surface area contributed by atoms with Crippen LogP contribution in [0.1, 0.15) is 40.0 Å². The average molecular weight is 255 g/mol. The summed E-state index contributed by atoms with van der Waals surface area (Å²) in [7, 11) is 1.31. The van der Waals surface area contributed by atoms with E-state index in [9.17, 15) is 9.59 Å². The lowest BCUT2D eigenvalue weighted by Crippen LogP contribution is -2.38. The number of amides is 1. The molecule has 1 amide bonds. The van der Waals surface area contributed by atoms with Crippen molar-refractivity contribution in [3.05, 3.63) is 11.8 Å².